The third-order valence-electron chi connectivity index (χ3n) is 5.24. The van der Waals surface area contributed by atoms with Crippen molar-refractivity contribution in [2.45, 2.75) is 12.0 Å². The van der Waals surface area contributed by atoms with Crippen LogP contribution in [0.2, 0.25) is 0 Å². The average molecular weight is 317 g/mol. The zero-order valence-electron chi connectivity index (χ0n) is 13.5. The number of nitriles is 3. The maximum atomic E-state index is 9.94. The van der Waals surface area contributed by atoms with Gasteiger partial charge in [-0.1, -0.05) is 30.3 Å². The molecule has 1 aliphatic heterocycles. The van der Waals surface area contributed by atoms with E-state index in [1.54, 1.807) is 0 Å². The van der Waals surface area contributed by atoms with Crippen LogP contribution in [0, 0.1) is 45.3 Å². The molecular formula is C19H19N5+2. The number of allylic oxidation sites excluding steroid dienone is 1. The van der Waals surface area contributed by atoms with E-state index in [9.17, 15) is 15.8 Å². The third-order valence-corrected chi connectivity index (χ3v) is 5.24. The lowest BCUT2D eigenvalue weighted by Gasteiger charge is -2.43. The molecule has 0 spiro atoms. The molecule has 4 N–H and O–H groups in total. The van der Waals surface area contributed by atoms with Gasteiger partial charge in [0, 0.05) is 11.8 Å². The highest BCUT2D eigenvalue weighted by atomic mass is 15.1. The van der Waals surface area contributed by atoms with Crippen LogP contribution in [0.4, 0.5) is 0 Å². The minimum Gasteiger partial charge on any atom is -0.348 e. The smallest absolute Gasteiger partial charge is 0.207 e. The van der Waals surface area contributed by atoms with Gasteiger partial charge in [-0.05, 0) is 17.2 Å². The number of quaternary nitrogens is 2. The number of fused-ring (bicyclic) bond motifs is 1. The second-order valence-electron chi connectivity index (χ2n) is 6.50. The summed E-state index contributed by atoms with van der Waals surface area (Å²) in [5.41, 5.74) is 5.08. The van der Waals surface area contributed by atoms with Gasteiger partial charge in [-0.25, -0.2) is 0 Å². The Morgan fingerprint density at radius 3 is 2.42 bits per heavy atom. The summed E-state index contributed by atoms with van der Waals surface area (Å²) in [6.07, 6.45) is 3.98. The number of hydrogen-bond donors (Lipinski definition) is 2. The lowest BCUT2D eigenvalue weighted by atomic mass is 9.56. The van der Waals surface area contributed by atoms with Crippen molar-refractivity contribution in [3.63, 3.8) is 0 Å². The van der Waals surface area contributed by atoms with Crippen molar-refractivity contribution in [3.8, 4) is 18.2 Å². The summed E-state index contributed by atoms with van der Waals surface area (Å²) in [4.78, 5) is 1.19. The summed E-state index contributed by atoms with van der Waals surface area (Å²) in [5.74, 6) is -0.354. The van der Waals surface area contributed by atoms with Gasteiger partial charge >= 0.3 is 0 Å². The molecule has 0 aromatic heterocycles. The van der Waals surface area contributed by atoms with E-state index in [1.807, 2.05) is 49.7 Å². The number of rotatable bonds is 1. The Morgan fingerprint density at radius 1 is 1.17 bits per heavy atom. The molecule has 0 amide bonds. The summed E-state index contributed by atoms with van der Waals surface area (Å²) < 4.78 is 0. The summed E-state index contributed by atoms with van der Waals surface area (Å²) in [6.45, 7) is 0.744. The summed E-state index contributed by atoms with van der Waals surface area (Å²) in [5, 5.41) is 29.5. The Kier molecular flexibility index (Phi) is 3.96. The van der Waals surface area contributed by atoms with Crippen LogP contribution in [0.5, 0.6) is 0 Å². The van der Waals surface area contributed by atoms with E-state index in [2.05, 4.69) is 23.9 Å². The number of nitrogens with one attached hydrogen (secondary N) is 1. The minimum atomic E-state index is -1.34. The molecule has 1 unspecified atom stereocenters. The second kappa shape index (κ2) is 5.95. The molecule has 1 aromatic carbocycles. The Bertz CT molecular complexity index is 817. The maximum absolute atomic E-state index is 9.94. The van der Waals surface area contributed by atoms with E-state index in [1.165, 1.54) is 4.90 Å². The summed E-state index contributed by atoms with van der Waals surface area (Å²) in [6, 6.07) is 15.7. The number of hydrogen-bond acceptors (Lipinski definition) is 3. The predicted octanol–water partition coefficient (Wildman–Crippen LogP) is -0.0938. The van der Waals surface area contributed by atoms with Crippen molar-refractivity contribution >= 4 is 0 Å². The quantitative estimate of drug-likeness (QED) is 0.756. The van der Waals surface area contributed by atoms with Gasteiger partial charge in [0.25, 0.3) is 0 Å². The molecule has 1 heterocycles. The summed E-state index contributed by atoms with van der Waals surface area (Å²) in [7, 11) is 2.04. The van der Waals surface area contributed by atoms with E-state index in [0.717, 1.165) is 17.7 Å². The van der Waals surface area contributed by atoms with Crippen LogP contribution in [0.25, 0.3) is 0 Å². The van der Waals surface area contributed by atoms with E-state index >= 15 is 0 Å². The SMILES string of the molecule is C[NH+]1C=CC2=C(C#N)[C@@H]([NH3+])C(C#N)(C#N)[C@@H](c3ccccc3)[C@@H]2C1. The van der Waals surface area contributed by atoms with Gasteiger partial charge in [-0.2, -0.15) is 15.8 Å². The van der Waals surface area contributed by atoms with Crippen LogP contribution >= 0.6 is 0 Å². The molecule has 1 aromatic rings. The molecule has 2 aliphatic rings. The van der Waals surface area contributed by atoms with Crippen molar-refractivity contribution in [3.05, 3.63) is 59.3 Å². The molecule has 0 saturated heterocycles. The molecule has 118 valence electrons. The first kappa shape index (κ1) is 16.0. The fourth-order valence-electron chi connectivity index (χ4n) is 4.05. The van der Waals surface area contributed by atoms with Gasteiger partial charge in [0.2, 0.25) is 5.41 Å². The molecule has 4 atom stereocenters. The zero-order chi connectivity index (χ0) is 17.3. The molecule has 5 heteroatoms. The van der Waals surface area contributed by atoms with Gasteiger partial charge in [-0.3, -0.25) is 0 Å². The van der Waals surface area contributed by atoms with Gasteiger partial charge in [0.05, 0.1) is 37.5 Å². The van der Waals surface area contributed by atoms with E-state index in [-0.39, 0.29) is 11.8 Å². The largest absolute Gasteiger partial charge is 0.348 e. The molecular weight excluding hydrogens is 298 g/mol. The van der Waals surface area contributed by atoms with Crippen molar-refractivity contribution in [2.24, 2.45) is 11.3 Å². The summed E-state index contributed by atoms with van der Waals surface area (Å²) >= 11 is 0. The Labute approximate surface area is 141 Å². The van der Waals surface area contributed by atoms with Crippen LogP contribution in [0.15, 0.2) is 53.8 Å². The first-order valence-electron chi connectivity index (χ1n) is 7.94. The molecule has 1 aliphatic carbocycles. The van der Waals surface area contributed by atoms with E-state index in [4.69, 9.17) is 0 Å². The van der Waals surface area contributed by atoms with Crippen molar-refractivity contribution in [1.82, 2.24) is 0 Å². The fourth-order valence-corrected chi connectivity index (χ4v) is 4.05. The Hall–Kier alpha value is -2.91. The molecule has 0 bridgehead atoms. The maximum Gasteiger partial charge on any atom is 0.207 e. The molecule has 0 fully saturated rings. The third kappa shape index (κ3) is 2.14. The topological polar surface area (TPSA) is 103 Å². The zero-order valence-corrected chi connectivity index (χ0v) is 13.5. The highest BCUT2D eigenvalue weighted by Gasteiger charge is 2.59. The number of nitrogens with zero attached hydrogens (tertiary/aromatic N) is 3. The fraction of sp³-hybridized carbons (Fsp3) is 0.316. The highest BCUT2D eigenvalue weighted by Crippen LogP contribution is 2.51. The lowest BCUT2D eigenvalue weighted by molar-refractivity contribution is -0.830. The molecule has 0 radical (unpaired) electrons. The Balaban J connectivity index is 2.31. The van der Waals surface area contributed by atoms with Gasteiger partial charge < -0.3 is 10.6 Å². The lowest BCUT2D eigenvalue weighted by Crippen LogP contribution is -3.06. The normalized spacial score (nSPS) is 30.6. The standard InChI is InChI=1S/C19H17N5/c1-24-8-7-14-15(9-20)18(23)19(11-21,12-22)17(16(14)10-24)13-5-3-2-4-6-13/h2-8,16-18H,10,23H2,1H3/p+2/t16-,17+,18-/m1/s1. The van der Waals surface area contributed by atoms with Gasteiger partial charge in [0.15, 0.2) is 6.04 Å². The van der Waals surface area contributed by atoms with Crippen LogP contribution in [-0.2, 0) is 0 Å². The minimum absolute atomic E-state index is 0.0515. The van der Waals surface area contributed by atoms with E-state index in [0.29, 0.717) is 5.57 Å². The van der Waals surface area contributed by atoms with Crippen LogP contribution in [0.1, 0.15) is 11.5 Å². The second-order valence-corrected chi connectivity index (χ2v) is 6.50. The van der Waals surface area contributed by atoms with Crippen molar-refractivity contribution in [1.29, 1.82) is 15.8 Å². The van der Waals surface area contributed by atoms with Gasteiger partial charge in [-0.15, -0.1) is 0 Å². The first-order chi connectivity index (χ1) is 11.6. The van der Waals surface area contributed by atoms with Gasteiger partial charge in [0.1, 0.15) is 6.07 Å². The van der Waals surface area contributed by atoms with E-state index < -0.39 is 11.5 Å². The predicted molar refractivity (Wildman–Crippen MR) is 86.5 cm³/mol. The molecule has 24 heavy (non-hydrogen) atoms. The average Bonchev–Trinajstić information content (AvgIpc) is 2.62. The molecule has 0 saturated carbocycles. The Morgan fingerprint density at radius 2 is 1.83 bits per heavy atom. The van der Waals surface area contributed by atoms with Crippen molar-refractivity contribution in [2.75, 3.05) is 13.6 Å². The monoisotopic (exact) mass is 317 g/mol. The van der Waals surface area contributed by atoms with Crippen LogP contribution in [0.3, 0.4) is 0 Å². The molecule has 5 nitrogen and oxygen atoms in total. The van der Waals surface area contributed by atoms with Crippen LogP contribution < -0.4 is 10.6 Å². The highest BCUT2D eigenvalue weighted by molar-refractivity contribution is 5.51. The first-order valence-corrected chi connectivity index (χ1v) is 7.94. The van der Waals surface area contributed by atoms with Crippen molar-refractivity contribution < 1.29 is 10.6 Å². The number of benzene rings is 1. The molecule has 3 rings (SSSR count). The van der Waals surface area contributed by atoms with Crippen LogP contribution in [-0.4, -0.2) is 19.6 Å².